The Hall–Kier alpha value is -3.65. The van der Waals surface area contributed by atoms with Crippen LogP contribution in [0.3, 0.4) is 0 Å². The highest BCUT2D eigenvalue weighted by Crippen LogP contribution is 2.34. The molecule has 0 saturated carbocycles. The maximum absolute atomic E-state index is 6.38. The Bertz CT molecular complexity index is 1400. The summed E-state index contributed by atoms with van der Waals surface area (Å²) in [6, 6.07) is 17.8. The van der Waals surface area contributed by atoms with Crippen molar-refractivity contribution in [1.82, 2.24) is 24.6 Å². The van der Waals surface area contributed by atoms with E-state index in [1.165, 1.54) is 6.33 Å². The lowest BCUT2D eigenvalue weighted by molar-refractivity contribution is -0.00416. The second kappa shape index (κ2) is 17.0. The van der Waals surface area contributed by atoms with Crippen LogP contribution in [0.1, 0.15) is 18.9 Å². The highest BCUT2D eigenvalue weighted by Gasteiger charge is 2.26. The molecule has 1 aliphatic heterocycles. The molecule has 4 aromatic rings. The molecule has 5 rings (SSSR count). The van der Waals surface area contributed by atoms with Crippen molar-refractivity contribution in [2.75, 3.05) is 84.8 Å². The third-order valence-corrected chi connectivity index (χ3v) is 7.38. The molecule has 12 heteroatoms. The van der Waals surface area contributed by atoms with Crippen LogP contribution in [0.2, 0.25) is 0 Å². The van der Waals surface area contributed by atoms with E-state index >= 15 is 0 Å². The maximum atomic E-state index is 6.38. The van der Waals surface area contributed by atoms with Crippen LogP contribution in [0.5, 0.6) is 11.5 Å². The second-order valence-electron chi connectivity index (χ2n) is 10.5. The molecule has 1 unspecified atom stereocenters. The van der Waals surface area contributed by atoms with Gasteiger partial charge in [-0.1, -0.05) is 18.2 Å². The number of fused-ring (bicyclic) bond motifs is 1. The summed E-state index contributed by atoms with van der Waals surface area (Å²) in [6.45, 7) is 7.71. The van der Waals surface area contributed by atoms with E-state index in [2.05, 4.69) is 14.9 Å². The third kappa shape index (κ3) is 8.94. The molecule has 2 aromatic carbocycles. The van der Waals surface area contributed by atoms with Gasteiger partial charge in [0.25, 0.3) is 0 Å². The zero-order valence-electron chi connectivity index (χ0n) is 25.2. The van der Waals surface area contributed by atoms with E-state index in [0.29, 0.717) is 65.2 Å². The predicted molar refractivity (Wildman–Crippen MR) is 169 cm³/mol. The lowest BCUT2D eigenvalue weighted by Gasteiger charge is -2.32. The van der Waals surface area contributed by atoms with Crippen molar-refractivity contribution in [2.45, 2.75) is 18.9 Å². The molecular formula is C32H43N7O5. The number of rotatable bonds is 18. The van der Waals surface area contributed by atoms with Gasteiger partial charge in [0.05, 0.1) is 64.3 Å². The molecule has 12 nitrogen and oxygen atoms in total. The number of hydrogen-bond donors (Lipinski definition) is 2. The number of hydrogen-bond acceptors (Lipinski definition) is 11. The van der Waals surface area contributed by atoms with Gasteiger partial charge in [0.1, 0.15) is 29.3 Å². The largest absolute Gasteiger partial charge is 0.457 e. The van der Waals surface area contributed by atoms with Gasteiger partial charge in [-0.3, -0.25) is 4.90 Å². The number of para-hydroxylation sites is 1. The molecule has 0 aliphatic carbocycles. The highest BCUT2D eigenvalue weighted by molar-refractivity contribution is 5.98. The van der Waals surface area contributed by atoms with E-state index in [0.717, 1.165) is 66.3 Å². The van der Waals surface area contributed by atoms with Gasteiger partial charge in [0.2, 0.25) is 0 Å². The molecular weight excluding hydrogens is 562 g/mol. The second-order valence-corrected chi connectivity index (χ2v) is 10.5. The zero-order chi connectivity index (χ0) is 30.4. The Morgan fingerprint density at radius 3 is 2.14 bits per heavy atom. The van der Waals surface area contributed by atoms with Gasteiger partial charge >= 0.3 is 0 Å². The van der Waals surface area contributed by atoms with E-state index in [1.54, 1.807) is 0 Å². The molecule has 236 valence electrons. The fourth-order valence-corrected chi connectivity index (χ4v) is 5.23. The van der Waals surface area contributed by atoms with Gasteiger partial charge in [0.15, 0.2) is 5.65 Å². The smallest absolute Gasteiger partial charge is 0.164 e. The monoisotopic (exact) mass is 605 g/mol. The van der Waals surface area contributed by atoms with Gasteiger partial charge in [-0.05, 0) is 55.8 Å². The van der Waals surface area contributed by atoms with E-state index < -0.39 is 0 Å². The van der Waals surface area contributed by atoms with E-state index in [-0.39, 0.29) is 6.04 Å². The molecule has 2 aromatic heterocycles. The first-order valence-corrected chi connectivity index (χ1v) is 15.3. The predicted octanol–water partition coefficient (Wildman–Crippen LogP) is 3.53. The maximum Gasteiger partial charge on any atom is 0.164 e. The number of piperidine rings is 1. The first-order valence-electron chi connectivity index (χ1n) is 15.3. The number of nitrogens with two attached hydrogens (primary N) is 2. The van der Waals surface area contributed by atoms with Crippen molar-refractivity contribution in [3.05, 3.63) is 60.9 Å². The summed E-state index contributed by atoms with van der Waals surface area (Å²) in [5, 5.41) is 5.83. The Kier molecular flexibility index (Phi) is 12.3. The van der Waals surface area contributed by atoms with Crippen LogP contribution in [0, 0.1) is 0 Å². The quantitative estimate of drug-likeness (QED) is 0.161. The molecule has 1 fully saturated rings. The van der Waals surface area contributed by atoms with Gasteiger partial charge in [0, 0.05) is 25.2 Å². The van der Waals surface area contributed by atoms with Crippen LogP contribution in [0.25, 0.3) is 22.3 Å². The fraction of sp³-hybridized carbons (Fsp3) is 0.469. The average Bonchev–Trinajstić information content (AvgIpc) is 3.45. The highest BCUT2D eigenvalue weighted by atomic mass is 16.6. The summed E-state index contributed by atoms with van der Waals surface area (Å²) in [4.78, 5) is 11.3. The van der Waals surface area contributed by atoms with Gasteiger partial charge in [-0.25, -0.2) is 14.6 Å². The van der Waals surface area contributed by atoms with Gasteiger partial charge in [-0.15, -0.1) is 0 Å². The number of aromatic nitrogens is 4. The Labute approximate surface area is 258 Å². The first-order chi connectivity index (χ1) is 21.7. The van der Waals surface area contributed by atoms with Gasteiger partial charge in [-0.2, -0.15) is 5.10 Å². The average molecular weight is 606 g/mol. The number of anilines is 1. The van der Waals surface area contributed by atoms with E-state index in [4.69, 9.17) is 40.3 Å². The van der Waals surface area contributed by atoms with Crippen LogP contribution < -0.4 is 16.2 Å². The Balaban J connectivity index is 1.11. The van der Waals surface area contributed by atoms with Crippen molar-refractivity contribution in [3.8, 4) is 22.8 Å². The Morgan fingerprint density at radius 1 is 0.773 bits per heavy atom. The molecule has 0 radical (unpaired) electrons. The molecule has 0 spiro atoms. The first kappa shape index (κ1) is 31.8. The summed E-state index contributed by atoms with van der Waals surface area (Å²) in [6.07, 6.45) is 3.58. The molecule has 1 saturated heterocycles. The van der Waals surface area contributed by atoms with Crippen LogP contribution in [0.15, 0.2) is 60.9 Å². The molecule has 0 bridgehead atoms. The Morgan fingerprint density at radius 2 is 1.43 bits per heavy atom. The minimum Gasteiger partial charge on any atom is -0.457 e. The van der Waals surface area contributed by atoms with Crippen molar-refractivity contribution in [1.29, 1.82) is 0 Å². The van der Waals surface area contributed by atoms with E-state index in [1.807, 2.05) is 59.3 Å². The zero-order valence-corrected chi connectivity index (χ0v) is 25.2. The topological polar surface area (TPSA) is 145 Å². The van der Waals surface area contributed by atoms with Crippen molar-refractivity contribution in [3.63, 3.8) is 0 Å². The molecule has 4 N–H and O–H groups in total. The number of nitrogen functional groups attached to an aromatic ring is 1. The van der Waals surface area contributed by atoms with Crippen molar-refractivity contribution < 1.29 is 23.7 Å². The van der Waals surface area contributed by atoms with Crippen LogP contribution in [0.4, 0.5) is 5.82 Å². The lowest BCUT2D eigenvalue weighted by Crippen LogP contribution is -2.39. The fourth-order valence-electron chi connectivity index (χ4n) is 5.23. The minimum absolute atomic E-state index is 0.166. The SMILES string of the molecule is NCCOCCOCCOCCOCCN1CCCC(n2nc(-c3ccc(Oc4ccccc4)cc3)c3c(N)ncnc32)C1. The van der Waals surface area contributed by atoms with Crippen LogP contribution >= 0.6 is 0 Å². The van der Waals surface area contributed by atoms with Gasteiger partial charge < -0.3 is 35.2 Å². The summed E-state index contributed by atoms with van der Waals surface area (Å²) in [5.41, 5.74) is 14.2. The van der Waals surface area contributed by atoms with Crippen LogP contribution in [-0.4, -0.2) is 104 Å². The third-order valence-electron chi connectivity index (χ3n) is 7.38. The molecule has 44 heavy (non-hydrogen) atoms. The van der Waals surface area contributed by atoms with Crippen molar-refractivity contribution >= 4 is 16.9 Å². The number of ether oxygens (including phenoxy) is 5. The standard InChI is InChI=1S/C32H43N7O5/c33-12-15-40-17-19-42-21-22-43-20-18-41-16-14-38-13-4-5-26(23-38)39-32-29(31(34)35-24-36-32)30(37-39)25-8-10-28(11-9-25)44-27-6-2-1-3-7-27/h1-3,6-11,24,26H,4-5,12-23,33H2,(H2,34,35,36). The number of nitrogens with zero attached hydrogens (tertiary/aromatic N) is 5. The molecule has 3 heterocycles. The normalized spacial score (nSPS) is 15.6. The van der Waals surface area contributed by atoms with Crippen LogP contribution in [-0.2, 0) is 18.9 Å². The summed E-state index contributed by atoms with van der Waals surface area (Å²) in [7, 11) is 0. The minimum atomic E-state index is 0.166. The molecule has 0 amide bonds. The molecule has 1 aliphatic rings. The molecule has 1 atom stereocenters. The number of benzene rings is 2. The van der Waals surface area contributed by atoms with E-state index in [9.17, 15) is 0 Å². The number of likely N-dealkylation sites (tertiary alicyclic amines) is 1. The lowest BCUT2D eigenvalue weighted by atomic mass is 10.1. The van der Waals surface area contributed by atoms with Crippen molar-refractivity contribution in [2.24, 2.45) is 5.73 Å². The summed E-state index contributed by atoms with van der Waals surface area (Å²) < 4.78 is 30.1. The summed E-state index contributed by atoms with van der Waals surface area (Å²) >= 11 is 0. The summed E-state index contributed by atoms with van der Waals surface area (Å²) in [5.74, 6) is 1.96.